The van der Waals surface area contributed by atoms with Crippen LogP contribution in [0.4, 0.5) is 5.82 Å². The molecular weight excluding hydrogens is 312 g/mol. The second kappa shape index (κ2) is 6.93. The number of rotatable bonds is 3. The SMILES string of the molecule is Cl.c1ccc(CN2CCN(c3ncnc4nc[nH]c34)CC2)cc1. The molecule has 0 amide bonds. The van der Waals surface area contributed by atoms with Gasteiger partial charge in [-0.15, -0.1) is 12.4 Å². The van der Waals surface area contributed by atoms with Crippen molar-refractivity contribution in [3.8, 4) is 0 Å². The smallest absolute Gasteiger partial charge is 0.182 e. The number of nitrogens with one attached hydrogen (secondary N) is 1. The molecular formula is C16H19ClN6. The monoisotopic (exact) mass is 330 g/mol. The lowest BCUT2D eigenvalue weighted by Gasteiger charge is -2.35. The summed E-state index contributed by atoms with van der Waals surface area (Å²) in [6.07, 6.45) is 3.27. The Morgan fingerprint density at radius 3 is 2.52 bits per heavy atom. The molecule has 3 heterocycles. The summed E-state index contributed by atoms with van der Waals surface area (Å²) < 4.78 is 0. The maximum atomic E-state index is 4.44. The van der Waals surface area contributed by atoms with Gasteiger partial charge in [-0.05, 0) is 5.56 Å². The first-order valence-corrected chi connectivity index (χ1v) is 7.55. The number of aromatic amines is 1. The van der Waals surface area contributed by atoms with E-state index in [1.54, 1.807) is 12.7 Å². The van der Waals surface area contributed by atoms with Gasteiger partial charge in [-0.2, -0.15) is 0 Å². The molecule has 0 atom stereocenters. The molecule has 0 aliphatic carbocycles. The fourth-order valence-corrected chi connectivity index (χ4v) is 2.95. The van der Waals surface area contributed by atoms with Crippen LogP contribution in [0.1, 0.15) is 5.56 Å². The van der Waals surface area contributed by atoms with Crippen molar-refractivity contribution < 1.29 is 0 Å². The molecule has 23 heavy (non-hydrogen) atoms. The van der Waals surface area contributed by atoms with E-state index >= 15 is 0 Å². The summed E-state index contributed by atoms with van der Waals surface area (Å²) in [5, 5.41) is 0. The van der Waals surface area contributed by atoms with Crippen molar-refractivity contribution >= 4 is 29.4 Å². The second-order valence-corrected chi connectivity index (χ2v) is 5.55. The van der Waals surface area contributed by atoms with Gasteiger partial charge >= 0.3 is 0 Å². The number of hydrogen-bond acceptors (Lipinski definition) is 5. The number of hydrogen-bond donors (Lipinski definition) is 1. The predicted octanol–water partition coefficient (Wildman–Crippen LogP) is 2.10. The number of anilines is 1. The molecule has 0 saturated carbocycles. The van der Waals surface area contributed by atoms with Gasteiger partial charge in [-0.1, -0.05) is 30.3 Å². The third kappa shape index (κ3) is 3.28. The molecule has 1 fully saturated rings. The highest BCUT2D eigenvalue weighted by molar-refractivity contribution is 5.85. The minimum absolute atomic E-state index is 0. The molecule has 0 bridgehead atoms. The standard InChI is InChI=1S/C16H18N6.ClH/c1-2-4-13(5-3-1)10-21-6-8-22(9-7-21)16-14-15(18-11-17-14)19-12-20-16;/h1-5,11-12H,6-10H2,(H,17,18,19,20);1H. The Morgan fingerprint density at radius 2 is 1.74 bits per heavy atom. The summed E-state index contributed by atoms with van der Waals surface area (Å²) in [5.74, 6) is 0.960. The highest BCUT2D eigenvalue weighted by Crippen LogP contribution is 2.21. The number of imidazole rings is 1. The normalized spacial score (nSPS) is 15.6. The maximum absolute atomic E-state index is 4.44. The number of nitrogens with zero attached hydrogens (tertiary/aromatic N) is 5. The molecule has 1 aliphatic heterocycles. The van der Waals surface area contributed by atoms with Crippen molar-refractivity contribution in [2.24, 2.45) is 0 Å². The van der Waals surface area contributed by atoms with Crippen molar-refractivity contribution in [3.63, 3.8) is 0 Å². The number of fused-ring (bicyclic) bond motifs is 1. The summed E-state index contributed by atoms with van der Waals surface area (Å²) in [4.78, 5) is 20.8. The first kappa shape index (κ1) is 15.7. The van der Waals surface area contributed by atoms with E-state index in [1.807, 2.05) is 0 Å². The molecule has 0 radical (unpaired) electrons. The van der Waals surface area contributed by atoms with Gasteiger partial charge in [-0.3, -0.25) is 4.90 Å². The highest BCUT2D eigenvalue weighted by Gasteiger charge is 2.20. The fourth-order valence-electron chi connectivity index (χ4n) is 2.95. The molecule has 0 spiro atoms. The first-order chi connectivity index (χ1) is 10.9. The van der Waals surface area contributed by atoms with E-state index in [-0.39, 0.29) is 12.4 Å². The molecule has 0 unspecified atom stereocenters. The summed E-state index contributed by atoms with van der Waals surface area (Å²) >= 11 is 0. The molecule has 1 N–H and O–H groups in total. The topological polar surface area (TPSA) is 60.9 Å². The van der Waals surface area contributed by atoms with Crippen molar-refractivity contribution in [1.82, 2.24) is 24.8 Å². The average Bonchev–Trinajstić information content (AvgIpc) is 3.05. The Labute approximate surface area is 141 Å². The predicted molar refractivity (Wildman–Crippen MR) is 92.9 cm³/mol. The lowest BCUT2D eigenvalue weighted by atomic mass is 10.2. The lowest BCUT2D eigenvalue weighted by molar-refractivity contribution is 0.249. The third-order valence-corrected chi connectivity index (χ3v) is 4.12. The molecule has 6 nitrogen and oxygen atoms in total. The Kier molecular flexibility index (Phi) is 4.73. The summed E-state index contributed by atoms with van der Waals surface area (Å²) in [7, 11) is 0. The molecule has 2 aromatic heterocycles. The average molecular weight is 331 g/mol. The molecule has 1 aromatic carbocycles. The van der Waals surface area contributed by atoms with Crippen LogP contribution in [0.5, 0.6) is 0 Å². The highest BCUT2D eigenvalue weighted by atomic mass is 35.5. The van der Waals surface area contributed by atoms with E-state index in [9.17, 15) is 0 Å². The minimum atomic E-state index is 0. The molecule has 3 aromatic rings. The van der Waals surface area contributed by atoms with Gasteiger partial charge in [0.2, 0.25) is 0 Å². The van der Waals surface area contributed by atoms with Gasteiger partial charge in [0.25, 0.3) is 0 Å². The van der Waals surface area contributed by atoms with Crippen LogP contribution in [-0.2, 0) is 6.54 Å². The zero-order valence-electron chi connectivity index (χ0n) is 12.7. The van der Waals surface area contributed by atoms with E-state index in [4.69, 9.17) is 0 Å². The second-order valence-electron chi connectivity index (χ2n) is 5.55. The quantitative estimate of drug-likeness (QED) is 0.797. The van der Waals surface area contributed by atoms with Crippen molar-refractivity contribution in [1.29, 1.82) is 0 Å². The number of halogens is 1. The number of benzene rings is 1. The van der Waals surface area contributed by atoms with Gasteiger partial charge < -0.3 is 9.88 Å². The largest absolute Gasteiger partial charge is 0.352 e. The third-order valence-electron chi connectivity index (χ3n) is 4.12. The van der Waals surface area contributed by atoms with Gasteiger partial charge in [0.15, 0.2) is 11.5 Å². The van der Waals surface area contributed by atoms with Crippen molar-refractivity contribution in [2.75, 3.05) is 31.1 Å². The van der Waals surface area contributed by atoms with Crippen LogP contribution in [0.15, 0.2) is 43.0 Å². The molecule has 120 valence electrons. The van der Waals surface area contributed by atoms with Gasteiger partial charge in [0.1, 0.15) is 11.8 Å². The van der Waals surface area contributed by atoms with E-state index < -0.39 is 0 Å². The number of aromatic nitrogens is 4. The molecule has 1 saturated heterocycles. The van der Waals surface area contributed by atoms with Crippen LogP contribution in [0.3, 0.4) is 0 Å². The van der Waals surface area contributed by atoms with Crippen LogP contribution in [0.25, 0.3) is 11.2 Å². The summed E-state index contributed by atoms with van der Waals surface area (Å²) in [6, 6.07) is 10.6. The Balaban J connectivity index is 0.00000156. The van der Waals surface area contributed by atoms with Crippen molar-refractivity contribution in [3.05, 3.63) is 48.5 Å². The van der Waals surface area contributed by atoms with E-state index in [0.29, 0.717) is 0 Å². The minimum Gasteiger partial charge on any atom is -0.352 e. The maximum Gasteiger partial charge on any atom is 0.182 e. The lowest BCUT2D eigenvalue weighted by Crippen LogP contribution is -2.46. The van der Waals surface area contributed by atoms with Crippen LogP contribution >= 0.6 is 12.4 Å². The summed E-state index contributed by atoms with van der Waals surface area (Å²) in [6.45, 7) is 5.02. The van der Waals surface area contributed by atoms with Gasteiger partial charge in [0.05, 0.1) is 6.33 Å². The van der Waals surface area contributed by atoms with E-state index in [0.717, 1.165) is 49.7 Å². The van der Waals surface area contributed by atoms with E-state index in [2.05, 4.69) is 60.1 Å². The number of H-pyrrole nitrogens is 1. The van der Waals surface area contributed by atoms with Gasteiger partial charge in [0, 0.05) is 32.7 Å². The summed E-state index contributed by atoms with van der Waals surface area (Å²) in [5.41, 5.74) is 3.03. The zero-order valence-corrected chi connectivity index (χ0v) is 13.5. The Bertz CT molecular complexity index is 751. The van der Waals surface area contributed by atoms with Crippen molar-refractivity contribution in [2.45, 2.75) is 6.54 Å². The zero-order chi connectivity index (χ0) is 14.8. The van der Waals surface area contributed by atoms with Crippen LogP contribution in [-0.4, -0.2) is 51.0 Å². The molecule has 4 rings (SSSR count). The van der Waals surface area contributed by atoms with Crippen LogP contribution < -0.4 is 4.90 Å². The first-order valence-electron chi connectivity index (χ1n) is 7.55. The van der Waals surface area contributed by atoms with Crippen LogP contribution in [0, 0.1) is 0 Å². The molecule has 7 heteroatoms. The Hall–Kier alpha value is -2.18. The van der Waals surface area contributed by atoms with Gasteiger partial charge in [-0.25, -0.2) is 15.0 Å². The number of piperazine rings is 1. The fraction of sp³-hybridized carbons (Fsp3) is 0.312. The molecule has 1 aliphatic rings. The Morgan fingerprint density at radius 1 is 0.957 bits per heavy atom. The van der Waals surface area contributed by atoms with Crippen LogP contribution in [0.2, 0.25) is 0 Å². The van der Waals surface area contributed by atoms with E-state index in [1.165, 1.54) is 5.56 Å².